The predicted molar refractivity (Wildman–Crippen MR) is 82.2 cm³/mol. The molecule has 2 heterocycles. The van der Waals surface area contributed by atoms with Crippen LogP contribution in [0.5, 0.6) is 0 Å². The number of halogens is 1. The van der Waals surface area contributed by atoms with E-state index in [9.17, 15) is 9.18 Å². The quantitative estimate of drug-likeness (QED) is 0.698. The molecule has 0 amide bonds. The van der Waals surface area contributed by atoms with E-state index in [-0.39, 0.29) is 11.4 Å². The van der Waals surface area contributed by atoms with E-state index in [0.29, 0.717) is 16.8 Å². The minimum Gasteiger partial charge on any atom is -0.315 e. The van der Waals surface area contributed by atoms with Gasteiger partial charge in [0.15, 0.2) is 0 Å². The van der Waals surface area contributed by atoms with Crippen LogP contribution in [0.4, 0.5) is 4.39 Å². The van der Waals surface area contributed by atoms with Gasteiger partial charge in [0.1, 0.15) is 11.3 Å². The molecule has 3 aromatic rings. The molecule has 0 fully saturated rings. The highest BCUT2D eigenvalue weighted by Gasteiger charge is 2.13. The van der Waals surface area contributed by atoms with Crippen molar-refractivity contribution in [3.8, 4) is 11.3 Å². The van der Waals surface area contributed by atoms with Gasteiger partial charge in [-0.3, -0.25) is 9.20 Å². The Labute approximate surface area is 125 Å². The van der Waals surface area contributed by atoms with Gasteiger partial charge in [0.25, 0.3) is 5.56 Å². The SMILES string of the molecule is CCSc1ccc(F)c(-c2cn(C)c(=O)c3cncn23)c1. The first-order chi connectivity index (χ1) is 10.1. The summed E-state index contributed by atoms with van der Waals surface area (Å²) in [5.74, 6) is 0.600. The number of thioether (sulfide) groups is 1. The zero-order valence-electron chi connectivity index (χ0n) is 11.7. The largest absolute Gasteiger partial charge is 0.315 e. The first-order valence-electron chi connectivity index (χ1n) is 6.56. The Kier molecular flexibility index (Phi) is 3.55. The highest BCUT2D eigenvalue weighted by molar-refractivity contribution is 7.99. The van der Waals surface area contributed by atoms with E-state index in [1.54, 1.807) is 35.5 Å². The summed E-state index contributed by atoms with van der Waals surface area (Å²) in [5.41, 5.74) is 1.35. The average Bonchev–Trinajstić information content (AvgIpc) is 2.95. The van der Waals surface area contributed by atoms with Crippen LogP contribution >= 0.6 is 11.8 Å². The molecule has 0 radical (unpaired) electrons. The summed E-state index contributed by atoms with van der Waals surface area (Å²) < 4.78 is 17.3. The number of rotatable bonds is 3. The van der Waals surface area contributed by atoms with Gasteiger partial charge in [-0.05, 0) is 24.0 Å². The lowest BCUT2D eigenvalue weighted by Crippen LogP contribution is -2.19. The summed E-state index contributed by atoms with van der Waals surface area (Å²) in [6.45, 7) is 2.05. The Hall–Kier alpha value is -2.08. The number of imidazole rings is 1. The standard InChI is InChI=1S/C15H14FN3OS/c1-3-21-10-4-5-12(16)11(6-10)14-8-18(2)15(20)13-7-17-9-19(13)14/h4-9H,3H2,1-2H3. The van der Waals surface area contributed by atoms with Crippen LogP contribution < -0.4 is 5.56 Å². The molecule has 0 N–H and O–H groups in total. The highest BCUT2D eigenvalue weighted by atomic mass is 32.2. The van der Waals surface area contributed by atoms with Crippen LogP contribution in [-0.4, -0.2) is 19.7 Å². The van der Waals surface area contributed by atoms with E-state index in [1.165, 1.54) is 23.2 Å². The van der Waals surface area contributed by atoms with Crippen LogP contribution in [0.15, 0.2) is 46.6 Å². The Morgan fingerprint density at radius 1 is 1.38 bits per heavy atom. The minimum absolute atomic E-state index is 0.157. The molecule has 0 unspecified atom stereocenters. The van der Waals surface area contributed by atoms with Gasteiger partial charge in [0.2, 0.25) is 0 Å². The number of benzene rings is 1. The minimum atomic E-state index is -0.316. The van der Waals surface area contributed by atoms with Gasteiger partial charge in [0, 0.05) is 23.7 Å². The zero-order chi connectivity index (χ0) is 15.0. The van der Waals surface area contributed by atoms with Gasteiger partial charge in [-0.1, -0.05) is 6.92 Å². The average molecular weight is 303 g/mol. The van der Waals surface area contributed by atoms with Crippen LogP contribution in [0, 0.1) is 5.82 Å². The van der Waals surface area contributed by atoms with E-state index < -0.39 is 0 Å². The predicted octanol–water partition coefficient (Wildman–Crippen LogP) is 2.95. The number of fused-ring (bicyclic) bond motifs is 1. The summed E-state index contributed by atoms with van der Waals surface area (Å²) in [7, 11) is 1.65. The van der Waals surface area contributed by atoms with Crippen LogP contribution in [0.25, 0.3) is 16.8 Å². The molecule has 0 aliphatic heterocycles. The Morgan fingerprint density at radius 3 is 2.95 bits per heavy atom. The van der Waals surface area contributed by atoms with Gasteiger partial charge >= 0.3 is 0 Å². The Balaban J connectivity index is 2.30. The van der Waals surface area contributed by atoms with Crippen LogP contribution in [-0.2, 0) is 7.05 Å². The third-order valence-corrected chi connectivity index (χ3v) is 4.15. The van der Waals surface area contributed by atoms with Crippen molar-refractivity contribution in [2.75, 3.05) is 5.75 Å². The van der Waals surface area contributed by atoms with Gasteiger partial charge in [-0.15, -0.1) is 11.8 Å². The van der Waals surface area contributed by atoms with E-state index in [1.807, 2.05) is 13.0 Å². The molecule has 2 aromatic heterocycles. The van der Waals surface area contributed by atoms with Gasteiger partial charge in [-0.25, -0.2) is 9.37 Å². The molecule has 0 bridgehead atoms. The molecule has 0 saturated carbocycles. The molecule has 0 aliphatic rings. The van der Waals surface area contributed by atoms with Crippen molar-refractivity contribution >= 4 is 17.3 Å². The molecule has 21 heavy (non-hydrogen) atoms. The van der Waals surface area contributed by atoms with Gasteiger partial charge in [0.05, 0.1) is 18.2 Å². The number of hydrogen-bond donors (Lipinski definition) is 0. The van der Waals surface area contributed by atoms with E-state index >= 15 is 0 Å². The van der Waals surface area contributed by atoms with E-state index in [4.69, 9.17) is 0 Å². The van der Waals surface area contributed by atoms with Gasteiger partial charge < -0.3 is 4.57 Å². The molecule has 0 saturated heterocycles. The fourth-order valence-electron chi connectivity index (χ4n) is 2.29. The van der Waals surface area contributed by atoms with Crippen molar-refractivity contribution in [2.24, 2.45) is 7.05 Å². The number of hydrogen-bond acceptors (Lipinski definition) is 3. The molecule has 4 nitrogen and oxygen atoms in total. The number of nitrogens with zero attached hydrogens (tertiary/aromatic N) is 3. The third-order valence-electron chi connectivity index (χ3n) is 3.28. The maximum absolute atomic E-state index is 14.2. The Morgan fingerprint density at radius 2 is 2.19 bits per heavy atom. The maximum atomic E-state index is 14.2. The fraction of sp³-hybridized carbons (Fsp3) is 0.200. The molecule has 1 aromatic carbocycles. The number of aromatic nitrogens is 3. The molecular weight excluding hydrogens is 289 g/mol. The smallest absolute Gasteiger partial charge is 0.276 e. The number of aryl methyl sites for hydroxylation is 1. The summed E-state index contributed by atoms with van der Waals surface area (Å²) >= 11 is 1.65. The summed E-state index contributed by atoms with van der Waals surface area (Å²) in [6, 6.07) is 5.03. The fourth-order valence-corrected chi connectivity index (χ4v) is 2.99. The summed E-state index contributed by atoms with van der Waals surface area (Å²) in [5, 5.41) is 0. The van der Waals surface area contributed by atoms with Crippen molar-refractivity contribution in [3.63, 3.8) is 0 Å². The lowest BCUT2D eigenvalue weighted by molar-refractivity contribution is 0.628. The van der Waals surface area contributed by atoms with Crippen molar-refractivity contribution in [1.29, 1.82) is 0 Å². The summed E-state index contributed by atoms with van der Waals surface area (Å²) in [6.07, 6.45) is 4.66. The zero-order valence-corrected chi connectivity index (χ0v) is 12.5. The van der Waals surface area contributed by atoms with Crippen LogP contribution in [0.2, 0.25) is 0 Å². The second kappa shape index (κ2) is 5.37. The molecule has 0 spiro atoms. The maximum Gasteiger partial charge on any atom is 0.276 e. The van der Waals surface area contributed by atoms with Crippen molar-refractivity contribution in [2.45, 2.75) is 11.8 Å². The molecule has 0 atom stereocenters. The summed E-state index contributed by atoms with van der Waals surface area (Å²) in [4.78, 5) is 17.0. The molecular formula is C15H14FN3OS. The molecule has 108 valence electrons. The third kappa shape index (κ3) is 2.35. The van der Waals surface area contributed by atoms with Crippen LogP contribution in [0.1, 0.15) is 6.92 Å². The second-order valence-electron chi connectivity index (χ2n) is 4.65. The molecule has 6 heteroatoms. The lowest BCUT2D eigenvalue weighted by Gasteiger charge is -2.10. The van der Waals surface area contributed by atoms with E-state index in [2.05, 4.69) is 4.98 Å². The van der Waals surface area contributed by atoms with Gasteiger partial charge in [-0.2, -0.15) is 0 Å². The van der Waals surface area contributed by atoms with E-state index in [0.717, 1.165) is 10.6 Å². The monoisotopic (exact) mass is 303 g/mol. The van der Waals surface area contributed by atoms with Crippen molar-refractivity contribution in [3.05, 3.63) is 53.1 Å². The first kappa shape index (κ1) is 13.9. The first-order valence-corrected chi connectivity index (χ1v) is 7.54. The van der Waals surface area contributed by atoms with Crippen molar-refractivity contribution in [1.82, 2.24) is 14.0 Å². The molecule has 0 aliphatic carbocycles. The van der Waals surface area contributed by atoms with Crippen molar-refractivity contribution < 1.29 is 4.39 Å². The highest BCUT2D eigenvalue weighted by Crippen LogP contribution is 2.28. The topological polar surface area (TPSA) is 39.3 Å². The lowest BCUT2D eigenvalue weighted by atomic mass is 10.1. The van der Waals surface area contributed by atoms with Crippen LogP contribution in [0.3, 0.4) is 0 Å². The molecule has 3 rings (SSSR count). The second-order valence-corrected chi connectivity index (χ2v) is 5.99. The Bertz CT molecular complexity index is 869. The normalized spacial score (nSPS) is 11.2.